The first-order chi connectivity index (χ1) is 10.5. The predicted molar refractivity (Wildman–Crippen MR) is 88.7 cm³/mol. The van der Waals surface area contributed by atoms with Gasteiger partial charge in [-0.3, -0.25) is 10.1 Å². The van der Waals surface area contributed by atoms with Crippen LogP contribution in [-0.4, -0.2) is 29.3 Å². The molecule has 3 amide bonds. The van der Waals surface area contributed by atoms with Crippen LogP contribution in [0.1, 0.15) is 32.6 Å². The van der Waals surface area contributed by atoms with E-state index in [0.29, 0.717) is 0 Å². The van der Waals surface area contributed by atoms with E-state index in [1.807, 2.05) is 30.0 Å². The number of thioether (sulfide) groups is 1. The van der Waals surface area contributed by atoms with Crippen molar-refractivity contribution >= 4 is 23.7 Å². The lowest BCUT2D eigenvalue weighted by molar-refractivity contribution is -0.121. The van der Waals surface area contributed by atoms with E-state index in [1.165, 1.54) is 17.7 Å². The molecule has 0 bridgehead atoms. The maximum absolute atomic E-state index is 11.7. The van der Waals surface area contributed by atoms with Crippen molar-refractivity contribution in [1.82, 2.24) is 10.6 Å². The Kier molecular flexibility index (Phi) is 5.85. The van der Waals surface area contributed by atoms with E-state index >= 15 is 0 Å². The average molecular weight is 321 g/mol. The van der Waals surface area contributed by atoms with Gasteiger partial charge in [0.1, 0.15) is 0 Å². The first-order valence-electron chi connectivity index (χ1n) is 7.58. The van der Waals surface area contributed by atoms with Gasteiger partial charge in [-0.15, -0.1) is 11.8 Å². The van der Waals surface area contributed by atoms with E-state index in [2.05, 4.69) is 22.8 Å². The summed E-state index contributed by atoms with van der Waals surface area (Å²) in [4.78, 5) is 23.7. The molecule has 4 N–H and O–H groups in total. The maximum Gasteiger partial charge on any atom is 0.318 e. The van der Waals surface area contributed by atoms with Gasteiger partial charge in [-0.25, -0.2) is 4.79 Å². The number of carbonyl (C=O) groups excluding carboxylic acids is 2. The number of imide groups is 1. The monoisotopic (exact) mass is 321 g/mol. The molecule has 0 unspecified atom stereocenters. The fourth-order valence-corrected chi connectivity index (χ4v) is 4.18. The number of carbonyl (C=O) groups is 2. The summed E-state index contributed by atoms with van der Waals surface area (Å²) < 4.78 is 0.114. The van der Waals surface area contributed by atoms with Gasteiger partial charge < -0.3 is 11.1 Å². The van der Waals surface area contributed by atoms with E-state index in [1.54, 1.807) is 6.92 Å². The number of benzene rings is 1. The van der Waals surface area contributed by atoms with E-state index in [0.717, 1.165) is 19.4 Å². The highest BCUT2D eigenvalue weighted by Gasteiger charge is 2.35. The molecule has 1 aliphatic rings. The molecule has 0 radical (unpaired) electrons. The molecule has 1 saturated carbocycles. The molecule has 120 valence electrons. The van der Waals surface area contributed by atoms with E-state index in [-0.39, 0.29) is 10.7 Å². The minimum atomic E-state index is -0.812. The molecule has 1 aromatic carbocycles. The molecule has 6 heteroatoms. The summed E-state index contributed by atoms with van der Waals surface area (Å²) in [6, 6.07) is 9.08. The van der Waals surface area contributed by atoms with Gasteiger partial charge in [0.15, 0.2) is 0 Å². The number of nitrogens with two attached hydrogens (primary N) is 1. The number of nitrogens with one attached hydrogen (secondary N) is 2. The highest BCUT2D eigenvalue weighted by Crippen LogP contribution is 2.44. The molecule has 1 fully saturated rings. The summed E-state index contributed by atoms with van der Waals surface area (Å²) in [5.41, 5.74) is 4.97. The van der Waals surface area contributed by atoms with Gasteiger partial charge in [-0.1, -0.05) is 31.0 Å². The topological polar surface area (TPSA) is 84.2 Å². The standard InChI is InChI=1S/C16H23N3O2S/c1-12(14(20)19-15(17)21)18-11-16(9-5-6-10-16)22-13-7-3-2-4-8-13/h2-4,7-8,12,18H,5-6,9-11H2,1H3,(H3,17,19,20,21)/t12-/m1/s1. The van der Waals surface area contributed by atoms with Crippen LogP contribution in [0.25, 0.3) is 0 Å². The third kappa shape index (κ3) is 4.74. The van der Waals surface area contributed by atoms with Crippen LogP contribution in [-0.2, 0) is 4.79 Å². The maximum atomic E-state index is 11.7. The molecule has 0 heterocycles. The number of urea groups is 1. The summed E-state index contributed by atoms with van der Waals surface area (Å²) in [7, 11) is 0. The Morgan fingerprint density at radius 2 is 1.91 bits per heavy atom. The van der Waals surface area contributed by atoms with Crippen LogP contribution in [0, 0.1) is 0 Å². The zero-order chi connectivity index (χ0) is 16.0. The van der Waals surface area contributed by atoms with Crippen molar-refractivity contribution in [2.75, 3.05) is 6.54 Å². The quantitative estimate of drug-likeness (QED) is 0.750. The molecule has 0 saturated heterocycles. The normalized spacial score (nSPS) is 17.9. The summed E-state index contributed by atoms with van der Waals surface area (Å²) in [6.45, 7) is 2.48. The molecule has 1 atom stereocenters. The summed E-state index contributed by atoms with van der Waals surface area (Å²) in [5, 5.41) is 5.36. The second-order valence-electron chi connectivity index (χ2n) is 5.76. The van der Waals surface area contributed by atoms with Crippen molar-refractivity contribution < 1.29 is 9.59 Å². The molecule has 1 aliphatic carbocycles. The van der Waals surface area contributed by atoms with Gasteiger partial charge in [-0.2, -0.15) is 0 Å². The van der Waals surface area contributed by atoms with Gasteiger partial charge in [0.05, 0.1) is 6.04 Å². The van der Waals surface area contributed by atoms with Crippen LogP contribution in [0.15, 0.2) is 35.2 Å². The molecule has 0 spiro atoms. The smallest absolute Gasteiger partial charge is 0.318 e. The SMILES string of the molecule is C[C@@H](NCC1(Sc2ccccc2)CCCC1)C(=O)NC(N)=O. The number of hydrogen-bond donors (Lipinski definition) is 3. The zero-order valence-corrected chi connectivity index (χ0v) is 13.6. The second kappa shape index (κ2) is 7.65. The molecule has 0 aromatic heterocycles. The summed E-state index contributed by atoms with van der Waals surface area (Å²) in [5.74, 6) is -0.384. The molecule has 5 nitrogen and oxygen atoms in total. The van der Waals surface area contributed by atoms with Gasteiger partial charge >= 0.3 is 6.03 Å². The first kappa shape index (κ1) is 16.8. The second-order valence-corrected chi connectivity index (χ2v) is 7.30. The van der Waals surface area contributed by atoms with Crippen LogP contribution >= 0.6 is 11.8 Å². The minimum Gasteiger partial charge on any atom is -0.351 e. The fourth-order valence-electron chi connectivity index (χ4n) is 2.73. The van der Waals surface area contributed by atoms with Gasteiger partial charge in [-0.05, 0) is 31.9 Å². The Morgan fingerprint density at radius 3 is 2.50 bits per heavy atom. The van der Waals surface area contributed by atoms with Crippen molar-refractivity contribution in [1.29, 1.82) is 0 Å². The summed E-state index contributed by atoms with van der Waals surface area (Å²) >= 11 is 1.88. The zero-order valence-electron chi connectivity index (χ0n) is 12.8. The Balaban J connectivity index is 1.94. The fraction of sp³-hybridized carbons (Fsp3) is 0.500. The summed E-state index contributed by atoms with van der Waals surface area (Å²) in [6.07, 6.45) is 4.68. The Hall–Kier alpha value is -1.53. The van der Waals surface area contributed by atoms with Crippen LogP contribution in [0.2, 0.25) is 0 Å². The molecular formula is C16H23N3O2S. The van der Waals surface area contributed by atoms with Gasteiger partial charge in [0.25, 0.3) is 0 Å². The van der Waals surface area contributed by atoms with Crippen LogP contribution in [0.4, 0.5) is 4.79 Å². The van der Waals surface area contributed by atoms with E-state index in [9.17, 15) is 9.59 Å². The lowest BCUT2D eigenvalue weighted by Crippen LogP contribution is -2.49. The van der Waals surface area contributed by atoms with Crippen molar-refractivity contribution in [2.24, 2.45) is 5.73 Å². The Bertz CT molecular complexity index is 515. The highest BCUT2D eigenvalue weighted by molar-refractivity contribution is 8.00. The number of amides is 3. The van der Waals surface area contributed by atoms with Crippen molar-refractivity contribution in [3.05, 3.63) is 30.3 Å². The van der Waals surface area contributed by atoms with Crippen molar-refractivity contribution in [3.8, 4) is 0 Å². The number of primary amides is 1. The Morgan fingerprint density at radius 1 is 1.27 bits per heavy atom. The number of rotatable bonds is 6. The number of hydrogen-bond acceptors (Lipinski definition) is 4. The third-order valence-corrected chi connectivity index (χ3v) is 5.46. The lowest BCUT2D eigenvalue weighted by atomic mass is 10.1. The van der Waals surface area contributed by atoms with Crippen molar-refractivity contribution in [3.63, 3.8) is 0 Å². The lowest BCUT2D eigenvalue weighted by Gasteiger charge is -2.30. The Labute approximate surface area is 135 Å². The molecule has 2 rings (SSSR count). The predicted octanol–water partition coefficient (Wildman–Crippen LogP) is 2.26. The van der Waals surface area contributed by atoms with Gasteiger partial charge in [0.2, 0.25) is 5.91 Å². The van der Waals surface area contributed by atoms with E-state index in [4.69, 9.17) is 5.73 Å². The molecular weight excluding hydrogens is 298 g/mol. The average Bonchev–Trinajstić information content (AvgIpc) is 2.94. The van der Waals surface area contributed by atoms with Crippen LogP contribution < -0.4 is 16.4 Å². The van der Waals surface area contributed by atoms with Crippen molar-refractivity contribution in [2.45, 2.75) is 48.3 Å². The molecule has 0 aliphatic heterocycles. The first-order valence-corrected chi connectivity index (χ1v) is 8.40. The highest BCUT2D eigenvalue weighted by atomic mass is 32.2. The largest absolute Gasteiger partial charge is 0.351 e. The molecule has 1 aromatic rings. The van der Waals surface area contributed by atoms with Crippen LogP contribution in [0.3, 0.4) is 0 Å². The minimum absolute atomic E-state index is 0.114. The van der Waals surface area contributed by atoms with E-state index < -0.39 is 12.1 Å². The van der Waals surface area contributed by atoms with Gasteiger partial charge in [0, 0.05) is 16.2 Å². The molecule has 22 heavy (non-hydrogen) atoms. The van der Waals surface area contributed by atoms with Crippen LogP contribution in [0.5, 0.6) is 0 Å². The third-order valence-electron chi connectivity index (χ3n) is 3.96.